The lowest BCUT2D eigenvalue weighted by molar-refractivity contribution is 0.669. The fourth-order valence-corrected chi connectivity index (χ4v) is 17.0. The summed E-state index contributed by atoms with van der Waals surface area (Å²) in [5.41, 5.74) is 25.3. The number of hydrogen-bond acceptors (Lipinski definition) is 10. The van der Waals surface area contributed by atoms with Crippen molar-refractivity contribution in [2.24, 2.45) is 0 Å². The number of rotatable bonds is 13. The SMILES string of the molecule is c1ccc(-c2cccc(-c3nc(-c4cccc(-c5ccccc5)c4)nc(-c4cccc(-c5nc6ccccc6c6c(-c7ccccc7)c7c(cc56)oc5ccccc57)c4)n3)c2)cc1.c1ccc(-c2cccc(-c3nc(-c4ccccc4)nc(-c4cccc(-c5nc6ccccc6c6c(-c7ccccc7)c7c(cc56)oc5ccccc57)c4)n3)c2)cc1. The van der Waals surface area contributed by atoms with E-state index in [0.717, 1.165) is 199 Å². The van der Waals surface area contributed by atoms with Crippen molar-refractivity contribution >= 4 is 87.2 Å². The zero-order valence-electron chi connectivity index (χ0n) is 64.7. The van der Waals surface area contributed by atoms with Crippen LogP contribution in [-0.2, 0) is 0 Å². The Hall–Kier alpha value is -16.3. The highest BCUT2D eigenvalue weighted by Crippen LogP contribution is 2.50. The van der Waals surface area contributed by atoms with Crippen molar-refractivity contribution in [1.29, 1.82) is 0 Å². The maximum absolute atomic E-state index is 6.65. The summed E-state index contributed by atoms with van der Waals surface area (Å²) >= 11 is 0. The molecule has 0 spiro atoms. The third-order valence-electron chi connectivity index (χ3n) is 22.6. The van der Waals surface area contributed by atoms with Crippen molar-refractivity contribution in [1.82, 2.24) is 39.9 Å². The maximum atomic E-state index is 6.65. The zero-order chi connectivity index (χ0) is 79.4. The van der Waals surface area contributed by atoms with Gasteiger partial charge in [-0.15, -0.1) is 0 Å². The molecule has 0 unspecified atom stereocenters. The second-order valence-corrected chi connectivity index (χ2v) is 30.0. The van der Waals surface area contributed by atoms with Gasteiger partial charge in [-0.3, -0.25) is 0 Å². The third-order valence-corrected chi connectivity index (χ3v) is 22.6. The van der Waals surface area contributed by atoms with Gasteiger partial charge in [-0.2, -0.15) is 0 Å². The van der Waals surface area contributed by atoms with E-state index in [1.165, 1.54) is 0 Å². The lowest BCUT2D eigenvalue weighted by Crippen LogP contribution is -2.01. The number of pyridine rings is 2. The Labute approximate surface area is 690 Å². The standard InChI is InChI=1S/C58H36N4O.C52H32N4O/c1-4-17-37(18-5-1)40-23-14-26-43(33-40)56-60-57(44-27-15-24-41(34-44)38-19-6-2-7-20-38)62-58(61-56)45-28-16-25-42(35-45)55-48-36-51-54(47-30-11-13-32-50(47)63-51)52(39-21-8-3-9-22-39)53(48)46-29-10-12-31-49(46)59-55;1-4-16-33(17-5-1)36-22-14-24-38(30-36)51-54-50(35-20-8-3-9-21-35)55-52(56-51)39-25-15-23-37(31-39)49-42-32-45-48(41-27-11-13-29-44(41)57-45)46(34-18-6-2-7-19-34)47(42)40-26-10-12-28-43(40)53-49/h1-36H;1-32H. The maximum Gasteiger partial charge on any atom is 0.164 e. The van der Waals surface area contributed by atoms with Crippen LogP contribution in [0.2, 0.25) is 0 Å². The minimum Gasteiger partial charge on any atom is -0.456 e. The monoisotopic (exact) mass is 1530 g/mol. The van der Waals surface area contributed by atoms with E-state index in [1.54, 1.807) is 0 Å². The molecule has 10 nitrogen and oxygen atoms in total. The Morgan fingerprint density at radius 2 is 0.383 bits per heavy atom. The van der Waals surface area contributed by atoms with Gasteiger partial charge in [0.15, 0.2) is 34.9 Å². The third kappa shape index (κ3) is 13.0. The van der Waals surface area contributed by atoms with Crippen molar-refractivity contribution in [3.8, 4) is 146 Å². The molecule has 17 aromatic carbocycles. The second kappa shape index (κ2) is 30.1. The van der Waals surface area contributed by atoms with Gasteiger partial charge < -0.3 is 8.83 Å². The fourth-order valence-electron chi connectivity index (χ4n) is 17.0. The first-order valence-electron chi connectivity index (χ1n) is 40.2. The Morgan fingerprint density at radius 1 is 0.142 bits per heavy atom. The van der Waals surface area contributed by atoms with Gasteiger partial charge in [-0.1, -0.05) is 346 Å². The Bertz CT molecular complexity index is 7790. The molecule has 0 aliphatic rings. The second-order valence-electron chi connectivity index (χ2n) is 30.0. The number of fused-ring (bicyclic) bond motifs is 12. The molecule has 23 aromatic rings. The highest BCUT2D eigenvalue weighted by molar-refractivity contribution is 6.29. The summed E-state index contributed by atoms with van der Waals surface area (Å²) < 4.78 is 13.3. The predicted octanol–water partition coefficient (Wildman–Crippen LogP) is 28.6. The van der Waals surface area contributed by atoms with Crippen LogP contribution < -0.4 is 0 Å². The van der Waals surface area contributed by atoms with Gasteiger partial charge in [0.05, 0.1) is 22.4 Å². The van der Waals surface area contributed by atoms with Crippen LogP contribution in [-0.4, -0.2) is 39.9 Å². The predicted molar refractivity (Wildman–Crippen MR) is 490 cm³/mol. The minimum atomic E-state index is 0.571. The number of para-hydroxylation sites is 4. The molecule has 6 aromatic heterocycles. The molecule has 0 N–H and O–H groups in total. The first-order chi connectivity index (χ1) is 59.5. The van der Waals surface area contributed by atoms with Crippen LogP contribution in [0.5, 0.6) is 0 Å². The number of furan rings is 2. The summed E-state index contributed by atoms with van der Waals surface area (Å²) in [4.78, 5) is 41.7. The van der Waals surface area contributed by atoms with E-state index in [4.69, 9.17) is 48.7 Å². The largest absolute Gasteiger partial charge is 0.456 e. The van der Waals surface area contributed by atoms with Gasteiger partial charge in [0.1, 0.15) is 22.3 Å². The van der Waals surface area contributed by atoms with Crippen molar-refractivity contribution in [2.45, 2.75) is 0 Å². The summed E-state index contributed by atoms with van der Waals surface area (Å²) in [6.45, 7) is 0. The quantitative estimate of drug-likeness (QED) is 0.103. The van der Waals surface area contributed by atoms with E-state index in [0.29, 0.717) is 34.9 Å². The molecule has 0 bridgehead atoms. The zero-order valence-corrected chi connectivity index (χ0v) is 64.7. The topological polar surface area (TPSA) is 129 Å². The number of hydrogen-bond donors (Lipinski definition) is 0. The van der Waals surface area contributed by atoms with Crippen molar-refractivity contribution in [2.75, 3.05) is 0 Å². The smallest absolute Gasteiger partial charge is 0.164 e. The Balaban J connectivity index is 0.000000145. The molecule has 0 aliphatic heterocycles. The highest BCUT2D eigenvalue weighted by atomic mass is 16.3. The summed E-state index contributed by atoms with van der Waals surface area (Å²) in [7, 11) is 0. The molecule has 10 heteroatoms. The summed E-state index contributed by atoms with van der Waals surface area (Å²) in [6, 6.07) is 142. The minimum absolute atomic E-state index is 0.571. The van der Waals surface area contributed by atoms with Gasteiger partial charge in [-0.25, -0.2) is 39.9 Å². The molecule has 0 amide bonds. The van der Waals surface area contributed by atoms with Crippen LogP contribution >= 0.6 is 0 Å². The van der Waals surface area contributed by atoms with Crippen LogP contribution in [0.25, 0.3) is 234 Å². The average molecular weight is 1530 g/mol. The average Bonchev–Trinajstić information content (AvgIpc) is 1.47. The van der Waals surface area contributed by atoms with Crippen LogP contribution in [0, 0.1) is 0 Å². The lowest BCUT2D eigenvalue weighted by Gasteiger charge is -2.16. The molecule has 6 heterocycles. The van der Waals surface area contributed by atoms with E-state index < -0.39 is 0 Å². The molecular weight excluding hydrogens is 1470 g/mol. The van der Waals surface area contributed by atoms with Crippen molar-refractivity contribution in [3.05, 3.63) is 413 Å². The molecule has 0 saturated carbocycles. The first kappa shape index (κ1) is 70.3. The van der Waals surface area contributed by atoms with E-state index in [2.05, 4.69) is 340 Å². The molecule has 0 aliphatic carbocycles. The number of aromatic nitrogens is 8. The molecule has 0 fully saturated rings. The normalized spacial score (nSPS) is 11.5. The highest BCUT2D eigenvalue weighted by Gasteiger charge is 2.26. The van der Waals surface area contributed by atoms with Crippen LogP contribution in [0.4, 0.5) is 0 Å². The van der Waals surface area contributed by atoms with Gasteiger partial charge in [0, 0.05) is 109 Å². The molecule has 23 rings (SSSR count). The Morgan fingerprint density at radius 3 is 0.717 bits per heavy atom. The summed E-state index contributed by atoms with van der Waals surface area (Å²) in [5.74, 6) is 3.56. The summed E-state index contributed by atoms with van der Waals surface area (Å²) in [5, 5.41) is 10.8. The molecule has 0 atom stereocenters. The molecule has 0 radical (unpaired) electrons. The fraction of sp³-hybridized carbons (Fsp3) is 0. The number of benzene rings is 17. The molecule has 120 heavy (non-hydrogen) atoms. The Kier molecular flexibility index (Phi) is 17.7. The number of nitrogens with zero attached hydrogens (tertiary/aromatic N) is 8. The van der Waals surface area contributed by atoms with Crippen LogP contribution in [0.15, 0.2) is 421 Å². The van der Waals surface area contributed by atoms with Crippen LogP contribution in [0.1, 0.15) is 0 Å². The summed E-state index contributed by atoms with van der Waals surface area (Å²) in [6.07, 6.45) is 0. The van der Waals surface area contributed by atoms with E-state index in [1.807, 2.05) is 72.8 Å². The van der Waals surface area contributed by atoms with E-state index in [9.17, 15) is 0 Å². The van der Waals surface area contributed by atoms with E-state index in [-0.39, 0.29) is 0 Å². The van der Waals surface area contributed by atoms with Gasteiger partial charge in [0.25, 0.3) is 0 Å². The van der Waals surface area contributed by atoms with Crippen molar-refractivity contribution in [3.63, 3.8) is 0 Å². The van der Waals surface area contributed by atoms with E-state index >= 15 is 0 Å². The van der Waals surface area contributed by atoms with Gasteiger partial charge >= 0.3 is 0 Å². The first-order valence-corrected chi connectivity index (χ1v) is 40.2. The molecule has 0 saturated heterocycles. The lowest BCUT2D eigenvalue weighted by atomic mass is 9.89. The van der Waals surface area contributed by atoms with Gasteiger partial charge in [-0.05, 0) is 111 Å². The van der Waals surface area contributed by atoms with Crippen LogP contribution in [0.3, 0.4) is 0 Å². The molecule has 560 valence electrons. The molecular formula is C110H68N8O2. The van der Waals surface area contributed by atoms with Gasteiger partial charge in [0.2, 0.25) is 0 Å². The van der Waals surface area contributed by atoms with Crippen molar-refractivity contribution < 1.29 is 8.83 Å².